The molecule has 11 nitrogen and oxygen atoms in total. The Morgan fingerprint density at radius 1 is 0.955 bits per heavy atom. The zero-order chi connectivity index (χ0) is 32.5. The van der Waals surface area contributed by atoms with E-state index in [-0.39, 0.29) is 53.4 Å². The van der Waals surface area contributed by atoms with Crippen LogP contribution in [0, 0.1) is 46.3 Å². The molecule has 17 atom stereocenters. The Kier molecular flexibility index (Phi) is 9.62. The molecular weight excluding hydrogens is 572 g/mol. The van der Waals surface area contributed by atoms with Crippen LogP contribution in [0.4, 0.5) is 0 Å². The van der Waals surface area contributed by atoms with Crippen molar-refractivity contribution in [3.8, 4) is 0 Å². The molecule has 44 heavy (non-hydrogen) atoms. The number of ether oxygens (including phenoxy) is 2. The van der Waals surface area contributed by atoms with Crippen LogP contribution in [0.3, 0.4) is 0 Å². The van der Waals surface area contributed by atoms with Crippen molar-refractivity contribution < 1.29 is 55.1 Å². The molecule has 11 heteroatoms. The molecule has 0 spiro atoms. The fraction of sp³-hybridized carbons (Fsp3) is 0.970. The smallest absolute Gasteiger partial charge is 0.335 e. The summed E-state index contributed by atoms with van der Waals surface area (Å²) >= 11 is 0. The Labute approximate surface area is 260 Å². The van der Waals surface area contributed by atoms with Gasteiger partial charge in [0.15, 0.2) is 12.4 Å². The first-order valence-electron chi connectivity index (χ1n) is 16.7. The molecular formula is C33H56O11. The molecule has 0 radical (unpaired) electrons. The van der Waals surface area contributed by atoms with Crippen LogP contribution in [0.15, 0.2) is 0 Å². The lowest BCUT2D eigenvalue weighted by Gasteiger charge is -2.63. The summed E-state index contributed by atoms with van der Waals surface area (Å²) in [6.07, 6.45) is -4.70. The number of rotatable bonds is 8. The summed E-state index contributed by atoms with van der Waals surface area (Å²) in [6.45, 7) is 9.82. The number of carbonyl (C=O) groups is 1. The van der Waals surface area contributed by atoms with Crippen LogP contribution in [-0.2, 0) is 14.3 Å². The van der Waals surface area contributed by atoms with E-state index >= 15 is 0 Å². The minimum Gasteiger partial charge on any atom is -0.479 e. The molecule has 1 heterocycles. The molecule has 8 N–H and O–H groups in total. The van der Waals surface area contributed by atoms with Gasteiger partial charge in [0.2, 0.25) is 0 Å². The van der Waals surface area contributed by atoms with Crippen LogP contribution in [0.2, 0.25) is 0 Å². The number of carboxylic acids is 1. The molecule has 4 aliphatic carbocycles. The largest absolute Gasteiger partial charge is 0.479 e. The first kappa shape index (κ1) is 34.4. The third-order valence-corrected chi connectivity index (χ3v) is 13.0. The van der Waals surface area contributed by atoms with Crippen molar-refractivity contribution in [2.75, 3.05) is 0 Å². The second-order valence-electron chi connectivity index (χ2n) is 16.2. The van der Waals surface area contributed by atoms with Gasteiger partial charge in [0.05, 0.1) is 30.0 Å². The van der Waals surface area contributed by atoms with Gasteiger partial charge in [-0.3, -0.25) is 0 Å². The zero-order valence-corrected chi connectivity index (χ0v) is 26.8. The molecule has 0 amide bonds. The minimum atomic E-state index is -1.83. The summed E-state index contributed by atoms with van der Waals surface area (Å²) in [7, 11) is 0. The van der Waals surface area contributed by atoms with Gasteiger partial charge in [-0.25, -0.2) is 4.79 Å². The van der Waals surface area contributed by atoms with Crippen LogP contribution in [-0.4, -0.2) is 108 Å². The Balaban J connectivity index is 1.35. The lowest BCUT2D eigenvalue weighted by molar-refractivity contribution is -0.308. The summed E-state index contributed by atoms with van der Waals surface area (Å²) < 4.78 is 11.5. The molecule has 0 aromatic rings. The highest BCUT2D eigenvalue weighted by Gasteiger charge is 2.66. The molecule has 0 aromatic heterocycles. The van der Waals surface area contributed by atoms with Gasteiger partial charge in [0, 0.05) is 6.42 Å². The van der Waals surface area contributed by atoms with E-state index in [2.05, 4.69) is 20.8 Å². The number of aliphatic hydroxyl groups is 7. The van der Waals surface area contributed by atoms with Crippen molar-refractivity contribution in [3.63, 3.8) is 0 Å². The summed E-state index contributed by atoms with van der Waals surface area (Å²) in [5, 5.41) is 85.1. The Hall–Kier alpha value is -0.890. The highest BCUT2D eigenvalue weighted by atomic mass is 16.7. The zero-order valence-electron chi connectivity index (χ0n) is 26.8. The summed E-state index contributed by atoms with van der Waals surface area (Å²) in [6, 6.07) is 0. The standard InChI is InChI=1S/C33H56O11/c1-15(10-18(14-31(2,3)42)43-30-27(39)25(37)26(38)28(44-30)29(40)41)19-6-7-20-24-21(13-23(36)33(19,20)5)32(4)9-8-17(34)11-16(32)12-22(24)35/h15-28,30,34-39,42H,6-14H2,1-5H3,(H,40,41). The molecule has 5 aliphatic rings. The van der Waals surface area contributed by atoms with Crippen molar-refractivity contribution in [2.24, 2.45) is 46.3 Å². The maximum absolute atomic E-state index is 11.9. The average Bonchev–Trinajstić information content (AvgIpc) is 3.28. The first-order valence-corrected chi connectivity index (χ1v) is 16.7. The molecule has 0 aromatic carbocycles. The predicted octanol–water partition coefficient (Wildman–Crippen LogP) is 1.41. The molecule has 17 unspecified atom stereocenters. The number of hydrogen-bond acceptors (Lipinski definition) is 10. The van der Waals surface area contributed by atoms with Gasteiger partial charge in [-0.05, 0) is 112 Å². The number of aliphatic hydroxyl groups excluding tert-OH is 6. The van der Waals surface area contributed by atoms with E-state index < -0.39 is 66.0 Å². The van der Waals surface area contributed by atoms with Gasteiger partial charge in [-0.2, -0.15) is 0 Å². The topological polar surface area (TPSA) is 197 Å². The van der Waals surface area contributed by atoms with E-state index in [1.807, 2.05) is 0 Å². The molecule has 5 fully saturated rings. The Bertz CT molecular complexity index is 1030. The Morgan fingerprint density at radius 2 is 1.64 bits per heavy atom. The van der Waals surface area contributed by atoms with Crippen molar-refractivity contribution in [1.82, 2.24) is 0 Å². The van der Waals surface area contributed by atoms with Gasteiger partial charge < -0.3 is 50.3 Å². The molecule has 254 valence electrons. The van der Waals surface area contributed by atoms with Gasteiger partial charge in [0.1, 0.15) is 18.3 Å². The maximum atomic E-state index is 11.9. The third kappa shape index (κ3) is 5.99. The van der Waals surface area contributed by atoms with Gasteiger partial charge in [-0.1, -0.05) is 20.8 Å². The highest BCUT2D eigenvalue weighted by molar-refractivity contribution is 5.73. The van der Waals surface area contributed by atoms with E-state index in [4.69, 9.17) is 9.47 Å². The monoisotopic (exact) mass is 628 g/mol. The predicted molar refractivity (Wildman–Crippen MR) is 158 cm³/mol. The minimum absolute atomic E-state index is 0.0102. The Morgan fingerprint density at radius 3 is 2.27 bits per heavy atom. The second-order valence-corrected chi connectivity index (χ2v) is 16.2. The number of fused-ring (bicyclic) bond motifs is 5. The number of carboxylic acid groups (broad SMARTS) is 1. The van der Waals surface area contributed by atoms with Crippen molar-refractivity contribution in [1.29, 1.82) is 0 Å². The summed E-state index contributed by atoms with van der Waals surface area (Å²) in [4.78, 5) is 11.6. The summed E-state index contributed by atoms with van der Waals surface area (Å²) in [5.41, 5.74) is -1.64. The van der Waals surface area contributed by atoms with E-state index in [1.54, 1.807) is 13.8 Å². The lowest BCUT2D eigenvalue weighted by atomic mass is 9.43. The number of aliphatic carboxylic acids is 1. The van der Waals surface area contributed by atoms with Crippen molar-refractivity contribution >= 4 is 5.97 Å². The fourth-order valence-electron chi connectivity index (χ4n) is 10.8. The second kappa shape index (κ2) is 12.3. The van der Waals surface area contributed by atoms with Gasteiger partial charge >= 0.3 is 5.97 Å². The van der Waals surface area contributed by atoms with E-state index in [0.29, 0.717) is 25.7 Å². The molecule has 1 aliphatic heterocycles. The molecule has 1 saturated heterocycles. The number of hydrogen-bond donors (Lipinski definition) is 8. The maximum Gasteiger partial charge on any atom is 0.335 e. The third-order valence-electron chi connectivity index (χ3n) is 13.0. The van der Waals surface area contributed by atoms with E-state index in [9.17, 15) is 45.6 Å². The van der Waals surface area contributed by atoms with Gasteiger partial charge in [0.25, 0.3) is 0 Å². The van der Waals surface area contributed by atoms with Crippen LogP contribution < -0.4 is 0 Å². The summed E-state index contributed by atoms with van der Waals surface area (Å²) in [5.74, 6) is -0.782. The van der Waals surface area contributed by atoms with Crippen molar-refractivity contribution in [2.45, 2.75) is 153 Å². The molecule has 5 rings (SSSR count). The molecule has 0 bridgehead atoms. The SMILES string of the molecule is CC(CC(CC(C)(C)O)OC1OC(C(=O)O)C(O)C(O)C1O)C1CCC2C3C(O)CC4CC(O)CCC4(C)C3CC(O)C12C. The lowest BCUT2D eigenvalue weighted by Crippen LogP contribution is -2.62. The van der Waals surface area contributed by atoms with E-state index in [1.165, 1.54) is 0 Å². The van der Waals surface area contributed by atoms with Crippen LogP contribution in [0.5, 0.6) is 0 Å². The normalized spacial score (nSPS) is 50.7. The van der Waals surface area contributed by atoms with Crippen LogP contribution >= 0.6 is 0 Å². The van der Waals surface area contributed by atoms with Gasteiger partial charge in [-0.15, -0.1) is 0 Å². The highest BCUT2D eigenvalue weighted by Crippen LogP contribution is 2.68. The van der Waals surface area contributed by atoms with E-state index in [0.717, 1.165) is 25.7 Å². The quantitative estimate of drug-likeness (QED) is 0.193. The first-order chi connectivity index (χ1) is 20.4. The molecule has 4 saturated carbocycles. The average molecular weight is 629 g/mol. The van der Waals surface area contributed by atoms with Crippen LogP contribution in [0.25, 0.3) is 0 Å². The van der Waals surface area contributed by atoms with Crippen molar-refractivity contribution in [3.05, 3.63) is 0 Å². The fourth-order valence-corrected chi connectivity index (χ4v) is 10.8. The van der Waals surface area contributed by atoms with Crippen LogP contribution in [0.1, 0.15) is 92.4 Å².